The monoisotopic (exact) mass is 818 g/mol. The molecule has 2 saturated heterocycles. The molecule has 3 aliphatic rings. The van der Waals surface area contributed by atoms with Crippen LogP contribution in [0.3, 0.4) is 0 Å². The average Bonchev–Trinajstić information content (AvgIpc) is 4.03. The van der Waals surface area contributed by atoms with Gasteiger partial charge in [0, 0.05) is 13.1 Å². The van der Waals surface area contributed by atoms with Crippen LogP contribution in [-0.4, -0.2) is 99.4 Å². The summed E-state index contributed by atoms with van der Waals surface area (Å²) in [5.41, 5.74) is 0.970. The SMILES string of the molecule is COC(=O)NC(C(=O)N1CC(C)CC1c1ncc(C#Cc2ccc(C#Cc3cnc(C4CC(C)CN4C(=O)C(NC(=O)OC)C(C)C)[nH]3)c3c2OC(F)(F)O3)[nH]1)C(C)C. The number of hydrogen-bond donors (Lipinski definition) is 4. The number of methoxy groups -OCH3 is 2. The molecule has 2 fully saturated rings. The van der Waals surface area contributed by atoms with Crippen molar-refractivity contribution in [2.75, 3.05) is 27.3 Å². The van der Waals surface area contributed by atoms with Crippen LogP contribution in [0.1, 0.15) is 101 Å². The molecule has 4 amide bonds. The van der Waals surface area contributed by atoms with Crippen molar-refractivity contribution >= 4 is 24.0 Å². The predicted octanol–water partition coefficient (Wildman–Crippen LogP) is 4.83. The van der Waals surface area contributed by atoms with E-state index in [0.717, 1.165) is 0 Å². The minimum Gasteiger partial charge on any atom is -0.453 e. The lowest BCUT2D eigenvalue weighted by Crippen LogP contribution is -2.51. The molecular weight excluding hydrogens is 770 g/mol. The Morgan fingerprint density at radius 3 is 1.49 bits per heavy atom. The Morgan fingerprint density at radius 1 is 0.746 bits per heavy atom. The van der Waals surface area contributed by atoms with Crippen molar-refractivity contribution < 1.29 is 46.9 Å². The van der Waals surface area contributed by atoms with Crippen LogP contribution in [0.4, 0.5) is 18.4 Å². The van der Waals surface area contributed by atoms with Crippen LogP contribution >= 0.6 is 0 Å². The van der Waals surface area contributed by atoms with Gasteiger partial charge in [-0.25, -0.2) is 19.6 Å². The molecule has 0 aliphatic carbocycles. The highest BCUT2D eigenvalue weighted by molar-refractivity contribution is 5.87. The minimum absolute atomic E-state index is 0.115. The number of H-pyrrole nitrogens is 2. The summed E-state index contributed by atoms with van der Waals surface area (Å²) in [4.78, 5) is 69.9. The van der Waals surface area contributed by atoms with Gasteiger partial charge < -0.3 is 49.3 Å². The number of nitrogens with one attached hydrogen (secondary N) is 4. The van der Waals surface area contributed by atoms with E-state index in [1.807, 2.05) is 41.5 Å². The molecule has 6 rings (SSSR count). The van der Waals surface area contributed by atoms with Crippen LogP contribution in [-0.2, 0) is 19.1 Å². The number of ether oxygens (including phenoxy) is 4. The fourth-order valence-corrected chi connectivity index (χ4v) is 7.48. The topological polar surface area (TPSA) is 193 Å². The van der Waals surface area contributed by atoms with Crippen molar-refractivity contribution in [3.05, 3.63) is 58.7 Å². The number of rotatable bonds is 8. The van der Waals surface area contributed by atoms with E-state index in [1.54, 1.807) is 9.80 Å². The number of halogens is 2. The quantitative estimate of drug-likeness (QED) is 0.229. The van der Waals surface area contributed by atoms with Crippen molar-refractivity contribution in [1.29, 1.82) is 0 Å². The van der Waals surface area contributed by atoms with E-state index in [4.69, 9.17) is 18.9 Å². The van der Waals surface area contributed by atoms with Gasteiger partial charge in [-0.3, -0.25) is 9.59 Å². The average molecular weight is 819 g/mol. The third-order valence-electron chi connectivity index (χ3n) is 10.4. The molecule has 4 N–H and O–H groups in total. The molecule has 6 atom stereocenters. The van der Waals surface area contributed by atoms with Gasteiger partial charge in [0.1, 0.15) is 35.1 Å². The second-order valence-corrected chi connectivity index (χ2v) is 15.8. The van der Waals surface area contributed by atoms with Gasteiger partial charge in [-0.1, -0.05) is 53.4 Å². The van der Waals surface area contributed by atoms with Crippen LogP contribution in [0, 0.1) is 47.4 Å². The molecule has 6 unspecified atom stereocenters. The van der Waals surface area contributed by atoms with Crippen molar-refractivity contribution in [1.82, 2.24) is 40.4 Å². The van der Waals surface area contributed by atoms with E-state index in [9.17, 15) is 28.0 Å². The van der Waals surface area contributed by atoms with Gasteiger partial charge in [-0.15, -0.1) is 8.78 Å². The number of benzene rings is 1. The molecule has 0 radical (unpaired) electrons. The van der Waals surface area contributed by atoms with Gasteiger partial charge >= 0.3 is 18.5 Å². The molecule has 1 aromatic carbocycles. The van der Waals surface area contributed by atoms with Crippen LogP contribution in [0.5, 0.6) is 11.5 Å². The first-order chi connectivity index (χ1) is 28.0. The van der Waals surface area contributed by atoms with E-state index < -0.39 is 42.6 Å². The Labute approximate surface area is 340 Å². The molecule has 3 aliphatic heterocycles. The smallest absolute Gasteiger partial charge is 0.453 e. The standard InChI is InChI=1S/C41H48F2N8O8/c1-21(2)31(48-39(54)56-7)37(52)50-19-23(5)15-29(50)35-44-17-27(46-35)13-11-25-9-10-26(34-33(25)58-41(42,43)59-34)12-14-28-18-45-36(47-28)30-16-24(6)20-51(30)38(53)32(22(3)4)49-40(55)57-8/h9-10,17-18,21-24,29-32H,15-16,19-20H2,1-8H3,(H,44,46)(H,45,47)(H,48,54)(H,49,55). The molecule has 314 valence electrons. The van der Waals surface area contributed by atoms with Crippen molar-refractivity contribution in [2.24, 2.45) is 23.7 Å². The Hall–Kier alpha value is -6.30. The second-order valence-electron chi connectivity index (χ2n) is 15.8. The Balaban J connectivity index is 1.20. The minimum atomic E-state index is -3.96. The fourth-order valence-electron chi connectivity index (χ4n) is 7.48. The summed E-state index contributed by atoms with van der Waals surface area (Å²) in [6, 6.07) is 0.560. The zero-order valence-electron chi connectivity index (χ0n) is 34.1. The third kappa shape index (κ3) is 9.38. The number of aromatic nitrogens is 4. The number of carbonyl (C=O) groups is 4. The van der Waals surface area contributed by atoms with Gasteiger partial charge in [0.2, 0.25) is 11.8 Å². The van der Waals surface area contributed by atoms with E-state index in [0.29, 0.717) is 49.0 Å². The van der Waals surface area contributed by atoms with Crippen LogP contribution in [0.15, 0.2) is 24.5 Å². The lowest BCUT2D eigenvalue weighted by molar-refractivity contribution is -0.286. The number of alkyl carbamates (subject to hydrolysis) is 2. The van der Waals surface area contributed by atoms with Crippen molar-refractivity contribution in [3.63, 3.8) is 0 Å². The van der Waals surface area contributed by atoms with E-state index in [1.165, 1.54) is 38.7 Å². The van der Waals surface area contributed by atoms with Gasteiger partial charge in [-0.05, 0) is 60.5 Å². The number of aromatic amines is 2. The van der Waals surface area contributed by atoms with Gasteiger partial charge in [0.15, 0.2) is 11.5 Å². The van der Waals surface area contributed by atoms with Crippen molar-refractivity contribution in [3.8, 4) is 35.2 Å². The first-order valence-corrected chi connectivity index (χ1v) is 19.3. The highest BCUT2D eigenvalue weighted by atomic mass is 19.3. The summed E-state index contributed by atoms with van der Waals surface area (Å²) in [5, 5.41) is 5.26. The summed E-state index contributed by atoms with van der Waals surface area (Å²) in [6.45, 7) is 12.3. The van der Waals surface area contributed by atoms with Crippen LogP contribution in [0.25, 0.3) is 0 Å². The Morgan fingerprint density at radius 2 is 1.14 bits per heavy atom. The molecule has 0 bridgehead atoms. The Kier molecular flexibility index (Phi) is 12.4. The number of nitrogens with zero attached hydrogens (tertiary/aromatic N) is 4. The number of amides is 4. The maximum Gasteiger partial charge on any atom is 0.586 e. The van der Waals surface area contributed by atoms with E-state index in [-0.39, 0.29) is 58.1 Å². The molecule has 0 spiro atoms. The molecule has 16 nitrogen and oxygen atoms in total. The fraction of sp³-hybridized carbons (Fsp3) is 0.512. The maximum atomic E-state index is 14.5. The second kappa shape index (κ2) is 17.3. The molecule has 3 aromatic rings. The number of fused-ring (bicyclic) bond motifs is 1. The zero-order valence-corrected chi connectivity index (χ0v) is 34.1. The Bertz CT molecular complexity index is 2060. The van der Waals surface area contributed by atoms with Gasteiger partial charge in [-0.2, -0.15) is 0 Å². The third-order valence-corrected chi connectivity index (χ3v) is 10.4. The predicted molar refractivity (Wildman–Crippen MR) is 207 cm³/mol. The van der Waals surface area contributed by atoms with Gasteiger partial charge in [0.25, 0.3) is 0 Å². The summed E-state index contributed by atoms with van der Waals surface area (Å²) in [7, 11) is 2.47. The number of alkyl halides is 2. The summed E-state index contributed by atoms with van der Waals surface area (Å²) < 4.78 is 48.3. The molecule has 5 heterocycles. The lowest BCUT2D eigenvalue weighted by atomic mass is 10.0. The number of imidazole rings is 2. The van der Waals surface area contributed by atoms with Crippen molar-refractivity contribution in [2.45, 2.75) is 84.8 Å². The summed E-state index contributed by atoms with van der Waals surface area (Å²) in [5.74, 6) is 11.3. The zero-order chi connectivity index (χ0) is 42.8. The molecule has 0 saturated carbocycles. The number of carbonyl (C=O) groups excluding carboxylic acids is 4. The summed E-state index contributed by atoms with van der Waals surface area (Å²) in [6.07, 6.45) is -1.13. The lowest BCUT2D eigenvalue weighted by Gasteiger charge is -2.30. The number of hydrogen-bond acceptors (Lipinski definition) is 10. The number of likely N-dealkylation sites (tertiary alicyclic amines) is 2. The summed E-state index contributed by atoms with van der Waals surface area (Å²) >= 11 is 0. The largest absolute Gasteiger partial charge is 0.586 e. The first-order valence-electron chi connectivity index (χ1n) is 19.3. The molecule has 18 heteroatoms. The highest BCUT2D eigenvalue weighted by Gasteiger charge is 2.46. The molecular formula is C41H48F2N8O8. The normalized spacial score (nSPS) is 21.3. The maximum absolute atomic E-state index is 14.5. The highest BCUT2D eigenvalue weighted by Crippen LogP contribution is 2.45. The molecule has 59 heavy (non-hydrogen) atoms. The molecule has 2 aromatic heterocycles. The van der Waals surface area contributed by atoms with E-state index in [2.05, 4.69) is 54.3 Å². The van der Waals surface area contributed by atoms with E-state index >= 15 is 0 Å². The van der Waals surface area contributed by atoms with Gasteiger partial charge in [0.05, 0.1) is 49.8 Å². The van der Waals surface area contributed by atoms with Crippen LogP contribution < -0.4 is 20.1 Å². The van der Waals surface area contributed by atoms with Crippen LogP contribution in [0.2, 0.25) is 0 Å². The first kappa shape index (κ1) is 42.3.